The number of hydrogen-bond acceptors (Lipinski definition) is 7. The summed E-state index contributed by atoms with van der Waals surface area (Å²) in [4.78, 5) is 13.0. The van der Waals surface area contributed by atoms with E-state index in [1.165, 1.54) is 62.8 Å². The molecule has 0 atom stereocenters. The molecule has 0 heterocycles. The lowest BCUT2D eigenvalue weighted by Crippen LogP contribution is -2.16. The number of aryl methyl sites for hydroxylation is 2. The van der Waals surface area contributed by atoms with Crippen molar-refractivity contribution in [3.05, 3.63) is 102 Å². The summed E-state index contributed by atoms with van der Waals surface area (Å²) in [5, 5.41) is 2.70. The van der Waals surface area contributed by atoms with Gasteiger partial charge in [-0.15, -0.1) is 0 Å². The molecule has 0 bridgehead atoms. The van der Waals surface area contributed by atoms with Gasteiger partial charge in [-0.05, 0) is 80.1 Å². The molecule has 4 rings (SSSR count). The Bertz CT molecular complexity index is 1790. The molecule has 1 amide bonds. The average Bonchev–Trinajstić information content (AvgIpc) is 2.94. The standard InChI is InChI=1S/C29H29N3O7S2/c1-19-5-12-24(13-6-19)41(36,37)32-27-17-21(8-7-20(27)2)29(33)30-22-9-14-25(15-10-22)40(34,35)31-26-16-11-23(38-3)18-28(26)39-4/h5-18,31-32H,1-4H3,(H,30,33). The van der Waals surface area contributed by atoms with Crippen LogP contribution in [0.15, 0.2) is 94.7 Å². The summed E-state index contributed by atoms with van der Waals surface area (Å²) in [7, 11) is -4.92. The molecule has 3 N–H and O–H groups in total. The zero-order chi connectivity index (χ0) is 29.8. The van der Waals surface area contributed by atoms with Crippen molar-refractivity contribution in [2.45, 2.75) is 23.6 Å². The highest BCUT2D eigenvalue weighted by atomic mass is 32.2. The lowest BCUT2D eigenvalue weighted by atomic mass is 10.1. The number of hydrogen-bond donors (Lipinski definition) is 3. The smallest absolute Gasteiger partial charge is 0.262 e. The van der Waals surface area contributed by atoms with E-state index in [1.807, 2.05) is 6.92 Å². The summed E-state index contributed by atoms with van der Waals surface area (Å²) in [5.74, 6) is 0.294. The van der Waals surface area contributed by atoms with Gasteiger partial charge in [0.05, 0.1) is 35.4 Å². The fourth-order valence-corrected chi connectivity index (χ4v) is 5.99. The van der Waals surface area contributed by atoms with Gasteiger partial charge in [0.15, 0.2) is 0 Å². The van der Waals surface area contributed by atoms with Gasteiger partial charge in [-0.1, -0.05) is 23.8 Å². The number of ether oxygens (including phenoxy) is 2. The third-order valence-electron chi connectivity index (χ3n) is 6.15. The Balaban J connectivity index is 1.48. The number of rotatable bonds is 10. The van der Waals surface area contributed by atoms with Gasteiger partial charge in [-0.2, -0.15) is 0 Å². The summed E-state index contributed by atoms with van der Waals surface area (Å²) >= 11 is 0. The monoisotopic (exact) mass is 595 g/mol. The fraction of sp³-hybridized carbons (Fsp3) is 0.138. The number of sulfonamides is 2. The van der Waals surface area contributed by atoms with Gasteiger partial charge in [-0.25, -0.2) is 16.8 Å². The first-order valence-electron chi connectivity index (χ1n) is 12.3. The van der Waals surface area contributed by atoms with Crippen LogP contribution in [0.2, 0.25) is 0 Å². The lowest BCUT2D eigenvalue weighted by Gasteiger charge is -2.14. The van der Waals surface area contributed by atoms with Crippen LogP contribution in [0.3, 0.4) is 0 Å². The van der Waals surface area contributed by atoms with E-state index < -0.39 is 26.0 Å². The minimum Gasteiger partial charge on any atom is -0.497 e. The largest absolute Gasteiger partial charge is 0.497 e. The predicted octanol–water partition coefficient (Wildman–Crippen LogP) is 5.17. The number of nitrogens with one attached hydrogen (secondary N) is 3. The summed E-state index contributed by atoms with van der Waals surface area (Å²) in [6.45, 7) is 3.59. The van der Waals surface area contributed by atoms with Crippen molar-refractivity contribution in [2.24, 2.45) is 0 Å². The zero-order valence-corrected chi connectivity index (χ0v) is 24.4. The Morgan fingerprint density at radius 2 is 1.24 bits per heavy atom. The van der Waals surface area contributed by atoms with Crippen LogP contribution in [0.5, 0.6) is 11.5 Å². The fourth-order valence-electron chi connectivity index (χ4n) is 3.80. The second-order valence-electron chi connectivity index (χ2n) is 9.10. The van der Waals surface area contributed by atoms with Gasteiger partial charge >= 0.3 is 0 Å². The Morgan fingerprint density at radius 3 is 1.83 bits per heavy atom. The van der Waals surface area contributed by atoms with Crippen LogP contribution in [-0.2, 0) is 20.0 Å². The number of methoxy groups -OCH3 is 2. The zero-order valence-electron chi connectivity index (χ0n) is 22.8. The SMILES string of the molecule is COc1ccc(NS(=O)(=O)c2ccc(NC(=O)c3ccc(C)c(NS(=O)(=O)c4ccc(C)cc4)c3)cc2)c(OC)c1. The van der Waals surface area contributed by atoms with Crippen molar-refractivity contribution in [3.63, 3.8) is 0 Å². The van der Waals surface area contributed by atoms with Crippen LogP contribution in [0.1, 0.15) is 21.5 Å². The number of anilines is 3. The minimum atomic E-state index is -3.96. The average molecular weight is 596 g/mol. The summed E-state index contributed by atoms with van der Waals surface area (Å²) in [6.07, 6.45) is 0. The summed E-state index contributed by atoms with van der Waals surface area (Å²) in [6, 6.07) is 21.4. The van der Waals surface area contributed by atoms with Crippen molar-refractivity contribution in [2.75, 3.05) is 29.0 Å². The molecule has 0 fully saturated rings. The number of carbonyl (C=O) groups is 1. The summed E-state index contributed by atoms with van der Waals surface area (Å²) in [5.41, 5.74) is 2.62. The van der Waals surface area contributed by atoms with E-state index in [-0.39, 0.29) is 32.5 Å². The number of benzene rings is 4. The van der Waals surface area contributed by atoms with Crippen molar-refractivity contribution in [1.82, 2.24) is 0 Å². The summed E-state index contributed by atoms with van der Waals surface area (Å²) < 4.78 is 67.0. The molecule has 0 aliphatic rings. The lowest BCUT2D eigenvalue weighted by molar-refractivity contribution is 0.102. The molecule has 4 aromatic rings. The molecule has 0 aromatic heterocycles. The molecule has 12 heteroatoms. The molecule has 0 unspecified atom stereocenters. The molecule has 0 spiro atoms. The third-order valence-corrected chi connectivity index (χ3v) is 8.91. The molecule has 10 nitrogen and oxygen atoms in total. The van der Waals surface area contributed by atoms with Crippen molar-refractivity contribution < 1.29 is 31.1 Å². The van der Waals surface area contributed by atoms with E-state index in [2.05, 4.69) is 14.8 Å². The van der Waals surface area contributed by atoms with E-state index in [0.717, 1.165) is 5.56 Å². The van der Waals surface area contributed by atoms with E-state index in [0.29, 0.717) is 17.0 Å². The first-order valence-corrected chi connectivity index (χ1v) is 15.2. The van der Waals surface area contributed by atoms with Gasteiger partial charge in [0, 0.05) is 17.3 Å². The second kappa shape index (κ2) is 11.9. The Labute approximate surface area is 239 Å². The van der Waals surface area contributed by atoms with Gasteiger partial charge in [0.1, 0.15) is 11.5 Å². The van der Waals surface area contributed by atoms with Crippen molar-refractivity contribution in [1.29, 1.82) is 0 Å². The highest BCUT2D eigenvalue weighted by molar-refractivity contribution is 7.93. The normalized spacial score (nSPS) is 11.4. The van der Waals surface area contributed by atoms with E-state index in [4.69, 9.17) is 9.47 Å². The van der Waals surface area contributed by atoms with E-state index >= 15 is 0 Å². The maximum Gasteiger partial charge on any atom is 0.262 e. The molecular formula is C29H29N3O7S2. The molecule has 0 aliphatic heterocycles. The molecule has 0 saturated carbocycles. The van der Waals surface area contributed by atoms with Gasteiger partial charge in [0.25, 0.3) is 26.0 Å². The second-order valence-corrected chi connectivity index (χ2v) is 12.5. The van der Waals surface area contributed by atoms with Crippen LogP contribution in [0, 0.1) is 13.8 Å². The number of carbonyl (C=O) groups excluding carboxylic acids is 1. The van der Waals surface area contributed by atoms with Gasteiger partial charge in [-0.3, -0.25) is 14.2 Å². The van der Waals surface area contributed by atoms with Crippen LogP contribution in [0.25, 0.3) is 0 Å². The van der Waals surface area contributed by atoms with Gasteiger partial charge < -0.3 is 14.8 Å². The third kappa shape index (κ3) is 6.97. The first-order chi connectivity index (χ1) is 19.4. The van der Waals surface area contributed by atoms with E-state index in [1.54, 1.807) is 43.3 Å². The van der Waals surface area contributed by atoms with Crippen molar-refractivity contribution >= 4 is 43.0 Å². The molecular weight excluding hydrogens is 566 g/mol. The van der Waals surface area contributed by atoms with Crippen molar-refractivity contribution in [3.8, 4) is 11.5 Å². The molecule has 41 heavy (non-hydrogen) atoms. The molecule has 0 aliphatic carbocycles. The Morgan fingerprint density at radius 1 is 0.659 bits per heavy atom. The topological polar surface area (TPSA) is 140 Å². The van der Waals surface area contributed by atoms with Crippen LogP contribution in [-0.4, -0.2) is 37.0 Å². The van der Waals surface area contributed by atoms with Crippen LogP contribution < -0.4 is 24.2 Å². The maximum absolute atomic E-state index is 13.0. The predicted molar refractivity (Wildman–Crippen MR) is 158 cm³/mol. The minimum absolute atomic E-state index is 0.0310. The number of amides is 1. The molecule has 0 saturated heterocycles. The van der Waals surface area contributed by atoms with Crippen LogP contribution >= 0.6 is 0 Å². The molecule has 0 radical (unpaired) electrons. The highest BCUT2D eigenvalue weighted by Crippen LogP contribution is 2.31. The maximum atomic E-state index is 13.0. The highest BCUT2D eigenvalue weighted by Gasteiger charge is 2.19. The Hall–Kier alpha value is -4.55. The molecule has 214 valence electrons. The first kappa shape index (κ1) is 29.4. The van der Waals surface area contributed by atoms with Gasteiger partial charge in [0.2, 0.25) is 0 Å². The van der Waals surface area contributed by atoms with E-state index in [9.17, 15) is 21.6 Å². The van der Waals surface area contributed by atoms with Crippen LogP contribution in [0.4, 0.5) is 17.1 Å². The molecule has 4 aromatic carbocycles. The quantitative estimate of drug-likeness (QED) is 0.230. The Kier molecular flexibility index (Phi) is 8.55.